The average Bonchev–Trinajstić information content (AvgIpc) is 3.11. The van der Waals surface area contributed by atoms with E-state index in [2.05, 4.69) is 5.32 Å². The molecule has 0 bridgehead atoms. The number of carboxylic acids is 1. The standard InChI is InChI=1S/C23H16FNO5/c24-15-4-1-13(2-5-15)11-14-3-7-18-22(29)17-8-6-16(12-19(17)30-23(14)18)25-20(26)9-10-21(27)28/h1-2,4-6,8-12H,3,7H2,(H,25,26)(H,27,28)/b10-9+,14-11?. The Morgan fingerprint density at radius 2 is 1.83 bits per heavy atom. The third-order valence-electron chi connectivity index (χ3n) is 4.78. The molecule has 0 radical (unpaired) electrons. The fourth-order valence-electron chi connectivity index (χ4n) is 3.40. The highest BCUT2D eigenvalue weighted by atomic mass is 19.1. The quantitative estimate of drug-likeness (QED) is 0.640. The van der Waals surface area contributed by atoms with E-state index < -0.39 is 11.9 Å². The lowest BCUT2D eigenvalue weighted by Gasteiger charge is -2.07. The number of hydrogen-bond acceptors (Lipinski definition) is 4. The summed E-state index contributed by atoms with van der Waals surface area (Å²) in [6, 6.07) is 10.7. The normalized spacial score (nSPS) is 14.4. The summed E-state index contributed by atoms with van der Waals surface area (Å²) < 4.78 is 19.1. The third kappa shape index (κ3) is 3.91. The zero-order valence-electron chi connectivity index (χ0n) is 15.6. The van der Waals surface area contributed by atoms with Gasteiger partial charge in [-0.25, -0.2) is 9.18 Å². The lowest BCUT2D eigenvalue weighted by atomic mass is 10.1. The Morgan fingerprint density at radius 1 is 1.07 bits per heavy atom. The number of benzene rings is 2. The second-order valence-electron chi connectivity index (χ2n) is 6.83. The minimum Gasteiger partial charge on any atom is -0.478 e. The van der Waals surface area contributed by atoms with Gasteiger partial charge in [0.1, 0.15) is 17.2 Å². The smallest absolute Gasteiger partial charge is 0.328 e. The van der Waals surface area contributed by atoms with Crippen LogP contribution in [-0.2, 0) is 16.0 Å². The van der Waals surface area contributed by atoms with Crippen molar-refractivity contribution in [1.82, 2.24) is 0 Å². The van der Waals surface area contributed by atoms with Crippen molar-refractivity contribution < 1.29 is 23.5 Å². The number of carbonyl (C=O) groups is 2. The van der Waals surface area contributed by atoms with Gasteiger partial charge in [-0.1, -0.05) is 12.1 Å². The van der Waals surface area contributed by atoms with Gasteiger partial charge < -0.3 is 14.8 Å². The largest absolute Gasteiger partial charge is 0.478 e. The Kier molecular flexibility index (Phi) is 5.02. The zero-order chi connectivity index (χ0) is 21.3. The van der Waals surface area contributed by atoms with Crippen LogP contribution < -0.4 is 10.7 Å². The summed E-state index contributed by atoms with van der Waals surface area (Å²) >= 11 is 0. The number of aliphatic carboxylic acids is 1. The van der Waals surface area contributed by atoms with Gasteiger partial charge in [0, 0.05) is 29.5 Å². The molecule has 3 aromatic rings. The molecular weight excluding hydrogens is 389 g/mol. The number of hydrogen-bond donors (Lipinski definition) is 2. The van der Waals surface area contributed by atoms with E-state index in [1.54, 1.807) is 24.3 Å². The molecule has 4 rings (SSSR count). The molecule has 30 heavy (non-hydrogen) atoms. The molecule has 2 N–H and O–H groups in total. The molecule has 1 aliphatic rings. The van der Waals surface area contributed by atoms with Crippen LogP contribution >= 0.6 is 0 Å². The van der Waals surface area contributed by atoms with Crippen LogP contribution in [0.5, 0.6) is 0 Å². The first kappa shape index (κ1) is 19.3. The number of nitrogens with one attached hydrogen (secondary N) is 1. The lowest BCUT2D eigenvalue weighted by molar-refractivity contribution is -0.131. The number of carbonyl (C=O) groups excluding carboxylic acids is 1. The van der Waals surface area contributed by atoms with Gasteiger partial charge in [-0.15, -0.1) is 0 Å². The zero-order valence-corrected chi connectivity index (χ0v) is 15.6. The van der Waals surface area contributed by atoms with Crippen molar-refractivity contribution in [1.29, 1.82) is 0 Å². The molecule has 7 heteroatoms. The molecule has 1 heterocycles. The first-order valence-electron chi connectivity index (χ1n) is 9.19. The van der Waals surface area contributed by atoms with Crippen molar-refractivity contribution in [3.63, 3.8) is 0 Å². The summed E-state index contributed by atoms with van der Waals surface area (Å²) in [4.78, 5) is 35.2. The maximum atomic E-state index is 13.1. The molecule has 1 amide bonds. The van der Waals surface area contributed by atoms with Gasteiger partial charge in [-0.2, -0.15) is 0 Å². The number of allylic oxidation sites excluding steroid dienone is 1. The van der Waals surface area contributed by atoms with Crippen molar-refractivity contribution in [3.8, 4) is 0 Å². The van der Waals surface area contributed by atoms with Crippen LogP contribution in [0.4, 0.5) is 10.1 Å². The topological polar surface area (TPSA) is 96.6 Å². The van der Waals surface area contributed by atoms with Crippen LogP contribution in [0.25, 0.3) is 22.6 Å². The number of fused-ring (bicyclic) bond motifs is 2. The van der Waals surface area contributed by atoms with E-state index >= 15 is 0 Å². The van der Waals surface area contributed by atoms with E-state index in [1.165, 1.54) is 18.2 Å². The van der Waals surface area contributed by atoms with Gasteiger partial charge >= 0.3 is 5.97 Å². The Labute approximate surface area is 170 Å². The van der Waals surface area contributed by atoms with E-state index in [-0.39, 0.29) is 11.2 Å². The molecular formula is C23H16FNO5. The highest BCUT2D eigenvalue weighted by Gasteiger charge is 2.24. The van der Waals surface area contributed by atoms with Crippen molar-refractivity contribution >= 4 is 40.2 Å². The van der Waals surface area contributed by atoms with Crippen LogP contribution in [-0.4, -0.2) is 17.0 Å². The SMILES string of the molecule is O=C(O)/C=C/C(=O)Nc1ccc2c(=O)c3c(oc2c1)C(=Cc1ccc(F)cc1)CC3. The van der Waals surface area contributed by atoms with Crippen LogP contribution in [0.2, 0.25) is 0 Å². The van der Waals surface area contributed by atoms with E-state index in [9.17, 15) is 18.8 Å². The van der Waals surface area contributed by atoms with Gasteiger partial charge in [-0.3, -0.25) is 9.59 Å². The number of halogens is 1. The third-order valence-corrected chi connectivity index (χ3v) is 4.78. The van der Waals surface area contributed by atoms with Crippen LogP contribution in [0, 0.1) is 5.82 Å². The number of carboxylic acid groups (broad SMARTS) is 1. The molecule has 0 unspecified atom stereocenters. The molecule has 0 spiro atoms. The van der Waals surface area contributed by atoms with Crippen molar-refractivity contribution in [2.45, 2.75) is 12.8 Å². The molecule has 2 aromatic carbocycles. The van der Waals surface area contributed by atoms with Gasteiger partial charge in [0.05, 0.1) is 5.39 Å². The number of amides is 1. The molecule has 1 aromatic heterocycles. The fraction of sp³-hybridized carbons (Fsp3) is 0.0870. The maximum absolute atomic E-state index is 13.1. The molecule has 1 aliphatic carbocycles. The predicted octanol–water partition coefficient (Wildman–Crippen LogP) is 4.00. The molecule has 0 fully saturated rings. The number of rotatable bonds is 4. The van der Waals surface area contributed by atoms with Crippen molar-refractivity contribution in [2.75, 3.05) is 5.32 Å². The molecule has 0 atom stereocenters. The average molecular weight is 405 g/mol. The summed E-state index contributed by atoms with van der Waals surface area (Å²) in [5.74, 6) is -1.68. The van der Waals surface area contributed by atoms with Gasteiger partial charge in [0.25, 0.3) is 0 Å². The van der Waals surface area contributed by atoms with E-state index in [1.807, 2.05) is 6.08 Å². The van der Waals surface area contributed by atoms with Gasteiger partial charge in [0.15, 0.2) is 5.43 Å². The molecule has 0 aliphatic heterocycles. The minimum atomic E-state index is -1.23. The highest BCUT2D eigenvalue weighted by molar-refractivity contribution is 6.03. The second-order valence-corrected chi connectivity index (χ2v) is 6.83. The Morgan fingerprint density at radius 3 is 2.57 bits per heavy atom. The van der Waals surface area contributed by atoms with Crippen LogP contribution in [0.1, 0.15) is 23.3 Å². The van der Waals surface area contributed by atoms with Crippen molar-refractivity contribution in [3.05, 3.63) is 87.5 Å². The predicted molar refractivity (Wildman–Crippen MR) is 110 cm³/mol. The van der Waals surface area contributed by atoms with Crippen molar-refractivity contribution in [2.24, 2.45) is 0 Å². The fourth-order valence-corrected chi connectivity index (χ4v) is 3.40. The lowest BCUT2D eigenvalue weighted by Crippen LogP contribution is -2.11. The maximum Gasteiger partial charge on any atom is 0.328 e. The van der Waals surface area contributed by atoms with Crippen LogP contribution in [0.3, 0.4) is 0 Å². The van der Waals surface area contributed by atoms with E-state index in [0.717, 1.165) is 23.3 Å². The molecule has 0 saturated carbocycles. The molecule has 0 saturated heterocycles. The van der Waals surface area contributed by atoms with Gasteiger partial charge in [0.2, 0.25) is 5.91 Å². The summed E-state index contributed by atoms with van der Waals surface area (Å²) in [5.41, 5.74) is 2.79. The summed E-state index contributed by atoms with van der Waals surface area (Å²) in [5, 5.41) is 11.5. The monoisotopic (exact) mass is 405 g/mol. The highest BCUT2D eigenvalue weighted by Crippen LogP contribution is 2.34. The second kappa shape index (κ2) is 7.79. The Balaban J connectivity index is 1.71. The molecule has 150 valence electrons. The van der Waals surface area contributed by atoms with Crippen LogP contribution in [0.15, 0.2) is 63.8 Å². The Hall–Kier alpha value is -4.00. The van der Waals surface area contributed by atoms with E-state index in [4.69, 9.17) is 9.52 Å². The number of anilines is 1. The summed E-state index contributed by atoms with van der Waals surface area (Å²) in [6.45, 7) is 0. The van der Waals surface area contributed by atoms with E-state index in [0.29, 0.717) is 40.8 Å². The van der Waals surface area contributed by atoms with Gasteiger partial charge in [-0.05, 0) is 54.3 Å². The summed E-state index contributed by atoms with van der Waals surface area (Å²) in [6.07, 6.45) is 4.68. The first-order valence-corrected chi connectivity index (χ1v) is 9.19. The summed E-state index contributed by atoms with van der Waals surface area (Å²) in [7, 11) is 0. The minimum absolute atomic E-state index is 0.127. The molecule has 6 nitrogen and oxygen atoms in total. The first-order chi connectivity index (χ1) is 14.4. The Bertz CT molecular complexity index is 1290.